The highest BCUT2D eigenvalue weighted by Crippen LogP contribution is 2.31. The van der Waals surface area contributed by atoms with E-state index in [2.05, 4.69) is 5.32 Å². The molecule has 0 saturated carbocycles. The molecule has 1 amide bonds. The number of hydrogen-bond acceptors (Lipinski definition) is 5. The van der Waals surface area contributed by atoms with Crippen LogP contribution in [0.4, 0.5) is 18.9 Å². The number of alkyl halides is 3. The first kappa shape index (κ1) is 24.8. The van der Waals surface area contributed by atoms with Gasteiger partial charge in [-0.05, 0) is 49.1 Å². The van der Waals surface area contributed by atoms with Gasteiger partial charge in [0.05, 0.1) is 10.6 Å². The zero-order valence-corrected chi connectivity index (χ0v) is 18.8. The van der Waals surface area contributed by atoms with Gasteiger partial charge < -0.3 is 14.8 Å². The molecule has 33 heavy (non-hydrogen) atoms. The van der Waals surface area contributed by atoms with Crippen LogP contribution in [-0.2, 0) is 21.2 Å². The van der Waals surface area contributed by atoms with Crippen molar-refractivity contribution in [1.29, 1.82) is 0 Å². The van der Waals surface area contributed by atoms with E-state index in [1.54, 1.807) is 12.1 Å². The molecule has 1 aliphatic rings. The van der Waals surface area contributed by atoms with Gasteiger partial charge in [-0.3, -0.25) is 4.79 Å². The fourth-order valence-corrected chi connectivity index (χ4v) is 4.94. The predicted molar refractivity (Wildman–Crippen MR) is 116 cm³/mol. The van der Waals surface area contributed by atoms with Crippen molar-refractivity contribution in [3.05, 3.63) is 48.0 Å². The number of hydrogen-bond donors (Lipinski definition) is 1. The number of sulfonamides is 1. The summed E-state index contributed by atoms with van der Waals surface area (Å²) in [4.78, 5) is 12.3. The third-order valence-corrected chi connectivity index (χ3v) is 6.93. The molecule has 2 aromatic carbocycles. The number of nitrogens with zero attached hydrogens (tertiary/aromatic N) is 1. The van der Waals surface area contributed by atoms with Crippen molar-refractivity contribution in [1.82, 2.24) is 4.31 Å². The standard InChI is InChI=1S/C22H25F3N2O5S/c1-2-16-7-3-4-8-19(16)31-14-21(28)26-18-13-17(33(29,30)27-11-5-6-12-27)9-10-20(18)32-15-22(23,24)25/h3-4,7-10,13H,2,5-6,11-12,14-15H2,1H3,(H,26,28). The molecule has 7 nitrogen and oxygen atoms in total. The summed E-state index contributed by atoms with van der Waals surface area (Å²) in [7, 11) is -3.85. The van der Waals surface area contributed by atoms with Crippen LogP contribution in [0.1, 0.15) is 25.3 Å². The van der Waals surface area contributed by atoms with Crippen LogP contribution >= 0.6 is 0 Å². The highest BCUT2D eigenvalue weighted by Gasteiger charge is 2.31. The number of aryl methyl sites for hydroxylation is 1. The predicted octanol–water partition coefficient (Wildman–Crippen LogP) is 3.99. The molecule has 3 rings (SSSR count). The fourth-order valence-electron chi connectivity index (χ4n) is 3.40. The zero-order valence-electron chi connectivity index (χ0n) is 18.0. The minimum atomic E-state index is -4.60. The highest BCUT2D eigenvalue weighted by atomic mass is 32.2. The minimum Gasteiger partial charge on any atom is -0.483 e. The van der Waals surface area contributed by atoms with Crippen LogP contribution in [0.15, 0.2) is 47.4 Å². The largest absolute Gasteiger partial charge is 0.483 e. The highest BCUT2D eigenvalue weighted by molar-refractivity contribution is 7.89. The number of halogens is 3. The SMILES string of the molecule is CCc1ccccc1OCC(=O)Nc1cc(S(=O)(=O)N2CCCC2)ccc1OCC(F)(F)F. The minimum absolute atomic E-state index is 0.142. The lowest BCUT2D eigenvalue weighted by Gasteiger charge is -2.19. The van der Waals surface area contributed by atoms with Crippen molar-refractivity contribution in [2.45, 2.75) is 37.3 Å². The normalized spacial score (nSPS) is 14.8. The van der Waals surface area contributed by atoms with Crippen LogP contribution in [0, 0.1) is 0 Å². The Morgan fingerprint density at radius 3 is 2.42 bits per heavy atom. The smallest absolute Gasteiger partial charge is 0.422 e. The molecule has 0 radical (unpaired) electrons. The average Bonchev–Trinajstić information content (AvgIpc) is 3.32. The molecule has 11 heteroatoms. The van der Waals surface area contributed by atoms with E-state index in [1.807, 2.05) is 19.1 Å². The van der Waals surface area contributed by atoms with E-state index in [4.69, 9.17) is 9.47 Å². The van der Waals surface area contributed by atoms with E-state index >= 15 is 0 Å². The van der Waals surface area contributed by atoms with Gasteiger partial charge in [-0.25, -0.2) is 8.42 Å². The summed E-state index contributed by atoms with van der Waals surface area (Å²) in [5, 5.41) is 2.42. The molecule has 0 aliphatic carbocycles. The Balaban J connectivity index is 1.80. The van der Waals surface area contributed by atoms with Gasteiger partial charge in [0.2, 0.25) is 10.0 Å². The van der Waals surface area contributed by atoms with E-state index in [-0.39, 0.29) is 16.3 Å². The van der Waals surface area contributed by atoms with Crippen molar-refractivity contribution in [3.8, 4) is 11.5 Å². The number of ether oxygens (including phenoxy) is 2. The van der Waals surface area contributed by atoms with Crippen molar-refractivity contribution < 1.29 is 35.9 Å². The van der Waals surface area contributed by atoms with Gasteiger partial charge in [0.25, 0.3) is 5.91 Å². The fraction of sp³-hybridized carbons (Fsp3) is 0.409. The molecule has 0 bridgehead atoms. The molecule has 1 N–H and O–H groups in total. The van der Waals surface area contributed by atoms with Crippen LogP contribution in [0.2, 0.25) is 0 Å². The second-order valence-corrected chi connectivity index (χ2v) is 9.41. The Kier molecular flexibility index (Phi) is 7.85. The molecule has 2 aromatic rings. The maximum absolute atomic E-state index is 12.8. The molecule has 0 atom stereocenters. The first-order valence-corrected chi connectivity index (χ1v) is 11.9. The quantitative estimate of drug-likeness (QED) is 0.579. The van der Waals surface area contributed by atoms with Crippen LogP contribution in [0.25, 0.3) is 0 Å². The lowest BCUT2D eigenvalue weighted by Crippen LogP contribution is -2.28. The van der Waals surface area contributed by atoms with Crippen molar-refractivity contribution in [2.75, 3.05) is 31.6 Å². The Bertz CT molecular complexity index is 1080. The molecule has 1 saturated heterocycles. The third kappa shape index (κ3) is 6.61. The molecular weight excluding hydrogens is 461 g/mol. The van der Waals surface area contributed by atoms with Gasteiger partial charge in [0, 0.05) is 13.1 Å². The van der Waals surface area contributed by atoms with Crippen LogP contribution in [0.3, 0.4) is 0 Å². The Hall–Kier alpha value is -2.79. The zero-order chi connectivity index (χ0) is 24.1. The molecule has 0 unspecified atom stereocenters. The van der Waals surface area contributed by atoms with E-state index in [0.717, 1.165) is 30.5 Å². The second kappa shape index (κ2) is 10.4. The summed E-state index contributed by atoms with van der Waals surface area (Å²) in [6.45, 7) is 0.647. The maximum Gasteiger partial charge on any atom is 0.422 e. The molecule has 180 valence electrons. The third-order valence-electron chi connectivity index (χ3n) is 5.03. The van der Waals surface area contributed by atoms with Gasteiger partial charge in [0.1, 0.15) is 11.5 Å². The Morgan fingerprint density at radius 1 is 1.06 bits per heavy atom. The number of rotatable bonds is 9. The number of para-hydroxylation sites is 1. The van der Waals surface area contributed by atoms with Gasteiger partial charge in [-0.15, -0.1) is 0 Å². The number of amides is 1. The number of carbonyl (C=O) groups is 1. The molecule has 1 fully saturated rings. The summed E-state index contributed by atoms with van der Waals surface area (Å²) in [6.07, 6.45) is -2.46. The summed E-state index contributed by atoms with van der Waals surface area (Å²) in [5.41, 5.74) is 0.704. The van der Waals surface area contributed by atoms with Crippen molar-refractivity contribution in [2.24, 2.45) is 0 Å². The van der Waals surface area contributed by atoms with Crippen LogP contribution < -0.4 is 14.8 Å². The van der Waals surface area contributed by atoms with Crippen molar-refractivity contribution >= 4 is 21.6 Å². The van der Waals surface area contributed by atoms with E-state index in [1.165, 1.54) is 10.4 Å². The average molecular weight is 487 g/mol. The molecular formula is C22H25F3N2O5S. The van der Waals surface area contributed by atoms with Crippen LogP contribution in [0.5, 0.6) is 11.5 Å². The van der Waals surface area contributed by atoms with E-state index in [0.29, 0.717) is 25.3 Å². The Morgan fingerprint density at radius 2 is 1.76 bits per heavy atom. The number of carbonyl (C=O) groups excluding carboxylic acids is 1. The van der Waals surface area contributed by atoms with Gasteiger partial charge in [-0.1, -0.05) is 25.1 Å². The van der Waals surface area contributed by atoms with E-state index < -0.39 is 35.3 Å². The lowest BCUT2D eigenvalue weighted by molar-refractivity contribution is -0.153. The molecule has 0 spiro atoms. The van der Waals surface area contributed by atoms with Crippen LogP contribution in [-0.4, -0.2) is 51.1 Å². The van der Waals surface area contributed by atoms with Gasteiger partial charge >= 0.3 is 6.18 Å². The topological polar surface area (TPSA) is 84.9 Å². The summed E-state index contributed by atoms with van der Waals surface area (Å²) in [6, 6.07) is 10.5. The van der Waals surface area contributed by atoms with E-state index in [9.17, 15) is 26.4 Å². The molecule has 1 aliphatic heterocycles. The second-order valence-electron chi connectivity index (χ2n) is 7.47. The number of benzene rings is 2. The summed E-state index contributed by atoms with van der Waals surface area (Å²) < 4.78 is 75.3. The number of nitrogens with one attached hydrogen (secondary N) is 1. The first-order chi connectivity index (χ1) is 15.6. The maximum atomic E-state index is 12.8. The summed E-state index contributed by atoms with van der Waals surface area (Å²) >= 11 is 0. The van der Waals surface area contributed by atoms with Crippen molar-refractivity contribution in [3.63, 3.8) is 0 Å². The summed E-state index contributed by atoms with van der Waals surface area (Å²) in [5.74, 6) is -0.461. The molecule has 0 aromatic heterocycles. The monoisotopic (exact) mass is 486 g/mol. The van der Waals surface area contributed by atoms with Gasteiger partial charge in [-0.2, -0.15) is 17.5 Å². The molecule has 1 heterocycles. The lowest BCUT2D eigenvalue weighted by atomic mass is 10.1. The first-order valence-electron chi connectivity index (χ1n) is 10.4. The van der Waals surface area contributed by atoms with Gasteiger partial charge in [0.15, 0.2) is 13.2 Å². The number of anilines is 1. The Labute approximate surface area is 190 Å².